The maximum atomic E-state index is 12.4. The Morgan fingerprint density at radius 1 is 1.28 bits per heavy atom. The minimum atomic E-state index is 0.0485. The van der Waals surface area contributed by atoms with Gasteiger partial charge in [-0.1, -0.05) is 6.07 Å². The summed E-state index contributed by atoms with van der Waals surface area (Å²) in [5.74, 6) is 1.07. The summed E-state index contributed by atoms with van der Waals surface area (Å²) in [5, 5.41) is 3.00. The van der Waals surface area contributed by atoms with Gasteiger partial charge in [-0.15, -0.1) is 0 Å². The van der Waals surface area contributed by atoms with Crippen molar-refractivity contribution >= 4 is 17.4 Å². The smallest absolute Gasteiger partial charge is 0.223 e. The van der Waals surface area contributed by atoms with E-state index in [2.05, 4.69) is 25.2 Å². The van der Waals surface area contributed by atoms with E-state index in [1.165, 1.54) is 0 Å². The lowest BCUT2D eigenvalue weighted by Crippen LogP contribution is -2.41. The number of carbonyl (C=O) groups excluding carboxylic acids is 1. The zero-order valence-corrected chi connectivity index (χ0v) is 14.7. The van der Waals surface area contributed by atoms with E-state index in [4.69, 9.17) is 0 Å². The number of anilines is 2. The fraction of sp³-hybridized carbons (Fsp3) is 0.444. The molecule has 1 aliphatic rings. The number of aromatic nitrogens is 3. The summed E-state index contributed by atoms with van der Waals surface area (Å²) in [6.45, 7) is 2.14. The number of carbonyl (C=O) groups is 1. The van der Waals surface area contributed by atoms with Crippen LogP contribution < -0.4 is 15.1 Å². The summed E-state index contributed by atoms with van der Waals surface area (Å²) in [7, 11) is 3.95. The van der Waals surface area contributed by atoms with Crippen molar-refractivity contribution in [1.29, 1.82) is 0 Å². The lowest BCUT2D eigenvalue weighted by molar-refractivity contribution is -0.125. The molecule has 0 aromatic carbocycles. The average molecular weight is 340 g/mol. The van der Waals surface area contributed by atoms with Crippen LogP contribution in [0.25, 0.3) is 0 Å². The molecule has 0 aliphatic carbocycles. The Morgan fingerprint density at radius 3 is 2.76 bits per heavy atom. The van der Waals surface area contributed by atoms with Gasteiger partial charge in [-0.2, -0.15) is 0 Å². The van der Waals surface area contributed by atoms with Gasteiger partial charge in [0.1, 0.15) is 6.33 Å². The van der Waals surface area contributed by atoms with Crippen LogP contribution in [-0.2, 0) is 11.3 Å². The predicted molar refractivity (Wildman–Crippen MR) is 97.4 cm³/mol. The topological polar surface area (TPSA) is 74.2 Å². The third kappa shape index (κ3) is 4.23. The van der Waals surface area contributed by atoms with Crippen molar-refractivity contribution < 1.29 is 4.79 Å². The van der Waals surface area contributed by atoms with Crippen molar-refractivity contribution in [2.75, 3.05) is 37.0 Å². The van der Waals surface area contributed by atoms with Crippen LogP contribution in [0.4, 0.5) is 11.5 Å². The molecule has 3 heterocycles. The molecule has 0 unspecified atom stereocenters. The molecule has 1 aliphatic heterocycles. The number of nitrogens with zero attached hydrogens (tertiary/aromatic N) is 5. The van der Waals surface area contributed by atoms with Crippen molar-refractivity contribution in [3.63, 3.8) is 0 Å². The molecule has 3 rings (SSSR count). The van der Waals surface area contributed by atoms with Crippen LogP contribution in [0.5, 0.6) is 0 Å². The van der Waals surface area contributed by atoms with Crippen molar-refractivity contribution in [1.82, 2.24) is 20.3 Å². The molecule has 0 spiro atoms. The van der Waals surface area contributed by atoms with Crippen molar-refractivity contribution in [2.45, 2.75) is 19.4 Å². The predicted octanol–water partition coefficient (Wildman–Crippen LogP) is 1.47. The monoisotopic (exact) mass is 340 g/mol. The molecule has 1 amide bonds. The van der Waals surface area contributed by atoms with Crippen LogP contribution >= 0.6 is 0 Å². The Hall–Kier alpha value is -2.70. The van der Waals surface area contributed by atoms with Crippen molar-refractivity contribution in [2.24, 2.45) is 5.92 Å². The molecule has 7 heteroatoms. The van der Waals surface area contributed by atoms with Crippen molar-refractivity contribution in [3.8, 4) is 0 Å². The number of hydrogen-bond acceptors (Lipinski definition) is 6. The molecule has 0 atom stereocenters. The third-order valence-corrected chi connectivity index (χ3v) is 4.47. The first-order chi connectivity index (χ1) is 12.1. The van der Waals surface area contributed by atoms with Gasteiger partial charge in [0.2, 0.25) is 5.91 Å². The highest BCUT2D eigenvalue weighted by Crippen LogP contribution is 2.28. The number of amides is 1. The lowest BCUT2D eigenvalue weighted by atomic mass is 9.95. The Balaban J connectivity index is 1.54. The van der Waals surface area contributed by atoms with Crippen LogP contribution in [0.15, 0.2) is 36.9 Å². The third-order valence-electron chi connectivity index (χ3n) is 4.47. The standard InChI is InChI=1S/C18H24N6O/c1-23(2)17-16(12-19-13-22-17)24-9-6-14(7-10-24)18(25)21-11-15-5-3-4-8-20-15/h3-5,8,12-14H,6-7,9-11H2,1-2H3,(H,21,25). The highest BCUT2D eigenvalue weighted by Gasteiger charge is 2.26. The molecule has 1 fully saturated rings. The quantitative estimate of drug-likeness (QED) is 0.888. The zero-order chi connectivity index (χ0) is 17.6. The summed E-state index contributed by atoms with van der Waals surface area (Å²) in [6.07, 6.45) is 6.82. The highest BCUT2D eigenvalue weighted by atomic mass is 16.1. The Bertz CT molecular complexity index is 698. The summed E-state index contributed by atoms with van der Waals surface area (Å²) < 4.78 is 0. The number of nitrogens with one attached hydrogen (secondary N) is 1. The summed E-state index contributed by atoms with van der Waals surface area (Å²) in [6, 6.07) is 5.72. The van der Waals surface area contributed by atoms with Crippen LogP contribution in [0.2, 0.25) is 0 Å². The molecule has 0 bridgehead atoms. The molecule has 0 saturated carbocycles. The highest BCUT2D eigenvalue weighted by molar-refractivity contribution is 5.79. The molecule has 2 aromatic heterocycles. The van der Waals surface area contributed by atoms with Crippen LogP contribution in [0, 0.1) is 5.92 Å². The minimum absolute atomic E-state index is 0.0485. The van der Waals surface area contributed by atoms with Gasteiger partial charge in [-0.05, 0) is 25.0 Å². The summed E-state index contributed by atoms with van der Waals surface area (Å²) >= 11 is 0. The summed E-state index contributed by atoms with van der Waals surface area (Å²) in [4.78, 5) is 29.4. The SMILES string of the molecule is CN(C)c1ncncc1N1CCC(C(=O)NCc2ccccn2)CC1. The number of pyridine rings is 1. The van der Waals surface area contributed by atoms with Gasteiger partial charge in [0.05, 0.1) is 24.1 Å². The molecule has 0 radical (unpaired) electrons. The van der Waals surface area contributed by atoms with Gasteiger partial charge in [0, 0.05) is 39.3 Å². The minimum Gasteiger partial charge on any atom is -0.367 e. The maximum absolute atomic E-state index is 12.4. The Morgan fingerprint density at radius 2 is 2.08 bits per heavy atom. The number of piperidine rings is 1. The van der Waals surface area contributed by atoms with E-state index in [0.29, 0.717) is 6.54 Å². The van der Waals surface area contributed by atoms with Gasteiger partial charge in [-0.25, -0.2) is 9.97 Å². The normalized spacial score (nSPS) is 15.0. The van der Waals surface area contributed by atoms with E-state index in [0.717, 1.165) is 43.1 Å². The molecule has 25 heavy (non-hydrogen) atoms. The molecule has 1 N–H and O–H groups in total. The summed E-state index contributed by atoms with van der Waals surface area (Å²) in [5.41, 5.74) is 1.91. The van der Waals surface area contributed by atoms with E-state index < -0.39 is 0 Å². The van der Waals surface area contributed by atoms with Gasteiger partial charge in [0.15, 0.2) is 5.82 Å². The first-order valence-electron chi connectivity index (χ1n) is 8.55. The van der Waals surface area contributed by atoms with Gasteiger partial charge in [-0.3, -0.25) is 9.78 Å². The van der Waals surface area contributed by atoms with E-state index in [-0.39, 0.29) is 11.8 Å². The maximum Gasteiger partial charge on any atom is 0.223 e. The van der Waals surface area contributed by atoms with E-state index in [1.54, 1.807) is 12.5 Å². The molecule has 2 aromatic rings. The number of rotatable bonds is 5. The largest absolute Gasteiger partial charge is 0.367 e. The Labute approximate surface area is 148 Å². The van der Waals surface area contributed by atoms with Gasteiger partial charge >= 0.3 is 0 Å². The molecular weight excluding hydrogens is 316 g/mol. The van der Waals surface area contributed by atoms with E-state index in [9.17, 15) is 4.79 Å². The fourth-order valence-electron chi connectivity index (χ4n) is 3.09. The fourth-order valence-corrected chi connectivity index (χ4v) is 3.09. The second-order valence-corrected chi connectivity index (χ2v) is 6.43. The molecular formula is C18H24N6O. The van der Waals surface area contributed by atoms with Crippen LogP contribution in [0.3, 0.4) is 0 Å². The zero-order valence-electron chi connectivity index (χ0n) is 14.7. The van der Waals surface area contributed by atoms with Gasteiger partial charge < -0.3 is 15.1 Å². The molecule has 7 nitrogen and oxygen atoms in total. The first kappa shape index (κ1) is 17.1. The number of hydrogen-bond donors (Lipinski definition) is 1. The second-order valence-electron chi connectivity index (χ2n) is 6.43. The molecule has 132 valence electrons. The lowest BCUT2D eigenvalue weighted by Gasteiger charge is -2.34. The van der Waals surface area contributed by atoms with E-state index >= 15 is 0 Å². The van der Waals surface area contributed by atoms with Crippen LogP contribution in [-0.4, -0.2) is 48.0 Å². The first-order valence-corrected chi connectivity index (χ1v) is 8.55. The average Bonchev–Trinajstić information content (AvgIpc) is 2.67. The van der Waals surface area contributed by atoms with Gasteiger partial charge in [0.25, 0.3) is 0 Å². The van der Waals surface area contributed by atoms with Crippen LogP contribution in [0.1, 0.15) is 18.5 Å². The van der Waals surface area contributed by atoms with Crippen molar-refractivity contribution in [3.05, 3.63) is 42.6 Å². The molecule has 1 saturated heterocycles. The van der Waals surface area contributed by atoms with E-state index in [1.807, 2.05) is 43.4 Å². The second kappa shape index (κ2) is 7.92. The Kier molecular flexibility index (Phi) is 5.42.